The summed E-state index contributed by atoms with van der Waals surface area (Å²) in [6, 6.07) is 0.811. The van der Waals surface area contributed by atoms with E-state index >= 15 is 0 Å². The van der Waals surface area contributed by atoms with E-state index in [1.807, 2.05) is 0 Å². The number of hydrogen-bond donors (Lipinski definition) is 0. The molecule has 1 unspecified atom stereocenters. The summed E-state index contributed by atoms with van der Waals surface area (Å²) in [4.78, 5) is 2.76. The van der Waals surface area contributed by atoms with Gasteiger partial charge in [0.1, 0.15) is 0 Å². The van der Waals surface area contributed by atoms with Gasteiger partial charge in [-0.25, -0.2) is 0 Å². The van der Waals surface area contributed by atoms with Crippen LogP contribution >= 0.6 is 0 Å². The van der Waals surface area contributed by atoms with E-state index in [1.165, 1.54) is 70.9 Å². The van der Waals surface area contributed by atoms with Crippen LogP contribution < -0.4 is 0 Å². The molecule has 1 heterocycles. The molecule has 0 aromatic carbocycles. The third kappa shape index (κ3) is 5.73. The van der Waals surface area contributed by atoms with Crippen LogP contribution in [-0.4, -0.2) is 24.0 Å². The van der Waals surface area contributed by atoms with Gasteiger partial charge in [0, 0.05) is 6.04 Å². The molecule has 1 aliphatic heterocycles. The number of rotatable bonds is 8. The van der Waals surface area contributed by atoms with Crippen molar-refractivity contribution in [2.75, 3.05) is 13.1 Å². The van der Waals surface area contributed by atoms with E-state index in [2.05, 4.69) is 32.6 Å². The second kappa shape index (κ2) is 8.19. The Labute approximate surface area is 115 Å². The summed E-state index contributed by atoms with van der Waals surface area (Å²) in [6.45, 7) is 12.3. The van der Waals surface area contributed by atoms with Crippen molar-refractivity contribution < 1.29 is 0 Å². The lowest BCUT2D eigenvalue weighted by Gasteiger charge is -2.38. The molecule has 1 atom stereocenters. The average Bonchev–Trinajstić information content (AvgIpc) is 2.79. The maximum Gasteiger partial charge on any atom is 0.0144 e. The summed E-state index contributed by atoms with van der Waals surface area (Å²) >= 11 is 0. The monoisotopic (exact) mass is 253 g/mol. The lowest BCUT2D eigenvalue weighted by molar-refractivity contribution is 0.113. The van der Waals surface area contributed by atoms with E-state index in [-0.39, 0.29) is 0 Å². The van der Waals surface area contributed by atoms with Crippen LogP contribution in [0.3, 0.4) is 0 Å². The first-order valence-corrected chi connectivity index (χ1v) is 8.29. The highest BCUT2D eigenvalue weighted by Crippen LogP contribution is 2.31. The molecular formula is C17H35N. The molecule has 1 fully saturated rings. The fraction of sp³-hybridized carbons (Fsp3) is 1.00. The van der Waals surface area contributed by atoms with E-state index in [4.69, 9.17) is 0 Å². The molecule has 1 aliphatic rings. The fourth-order valence-corrected chi connectivity index (χ4v) is 3.33. The van der Waals surface area contributed by atoms with E-state index in [9.17, 15) is 0 Å². The Morgan fingerprint density at radius 1 is 0.889 bits per heavy atom. The highest BCUT2D eigenvalue weighted by molar-refractivity contribution is 4.85. The normalized spacial score (nSPS) is 19.3. The van der Waals surface area contributed by atoms with Crippen LogP contribution in [0.5, 0.6) is 0 Å². The molecule has 1 rings (SSSR count). The molecule has 0 aromatic heterocycles. The first-order chi connectivity index (χ1) is 8.55. The first-order valence-electron chi connectivity index (χ1n) is 8.29. The van der Waals surface area contributed by atoms with Crippen molar-refractivity contribution in [1.82, 2.24) is 4.90 Å². The molecule has 0 saturated carbocycles. The Kier molecular flexibility index (Phi) is 7.29. The number of hydrogen-bond acceptors (Lipinski definition) is 1. The Bertz CT molecular complexity index is 198. The van der Waals surface area contributed by atoms with Crippen molar-refractivity contribution in [3.63, 3.8) is 0 Å². The standard InChI is InChI=1S/C17H35N/c1-5-6-7-8-9-10-13-16(17(2,3)4)18-14-11-12-15-18/h16H,5-15H2,1-4H3. The van der Waals surface area contributed by atoms with Crippen LogP contribution in [-0.2, 0) is 0 Å². The van der Waals surface area contributed by atoms with Crippen LogP contribution in [0.1, 0.15) is 85.5 Å². The zero-order valence-corrected chi connectivity index (χ0v) is 13.3. The van der Waals surface area contributed by atoms with Crippen LogP contribution in [0.2, 0.25) is 0 Å². The summed E-state index contributed by atoms with van der Waals surface area (Å²) in [5.41, 5.74) is 0.452. The molecule has 108 valence electrons. The maximum absolute atomic E-state index is 2.76. The smallest absolute Gasteiger partial charge is 0.0144 e. The predicted octanol–water partition coefficient (Wildman–Crippen LogP) is 5.25. The molecule has 0 amide bonds. The molecule has 0 spiro atoms. The molecule has 0 N–H and O–H groups in total. The highest BCUT2D eigenvalue weighted by atomic mass is 15.2. The number of likely N-dealkylation sites (tertiary alicyclic amines) is 1. The second-order valence-electron chi connectivity index (χ2n) is 7.18. The van der Waals surface area contributed by atoms with Crippen LogP contribution in [0, 0.1) is 5.41 Å². The minimum Gasteiger partial charge on any atom is -0.300 e. The maximum atomic E-state index is 2.76. The van der Waals surface area contributed by atoms with E-state index < -0.39 is 0 Å². The summed E-state index contributed by atoms with van der Waals surface area (Å²) in [6.07, 6.45) is 12.8. The minimum absolute atomic E-state index is 0.452. The summed E-state index contributed by atoms with van der Waals surface area (Å²) in [7, 11) is 0. The second-order valence-corrected chi connectivity index (χ2v) is 7.18. The predicted molar refractivity (Wildman–Crippen MR) is 82.0 cm³/mol. The van der Waals surface area contributed by atoms with Gasteiger partial charge < -0.3 is 0 Å². The van der Waals surface area contributed by atoms with Gasteiger partial charge in [-0.3, -0.25) is 4.90 Å². The minimum atomic E-state index is 0.452. The first kappa shape index (κ1) is 16.0. The Balaban J connectivity index is 2.24. The SMILES string of the molecule is CCCCCCCCC(N1CCCC1)C(C)(C)C. The van der Waals surface area contributed by atoms with Gasteiger partial charge in [-0.15, -0.1) is 0 Å². The Morgan fingerprint density at radius 2 is 1.44 bits per heavy atom. The topological polar surface area (TPSA) is 3.24 Å². The van der Waals surface area contributed by atoms with Crippen LogP contribution in [0.15, 0.2) is 0 Å². The summed E-state index contributed by atoms with van der Waals surface area (Å²) in [5.74, 6) is 0. The summed E-state index contributed by atoms with van der Waals surface area (Å²) < 4.78 is 0. The molecule has 1 nitrogen and oxygen atoms in total. The average molecular weight is 253 g/mol. The van der Waals surface area contributed by atoms with Gasteiger partial charge in [-0.1, -0.05) is 66.2 Å². The highest BCUT2D eigenvalue weighted by Gasteiger charge is 2.31. The van der Waals surface area contributed by atoms with Crippen molar-refractivity contribution >= 4 is 0 Å². The molecule has 0 aliphatic carbocycles. The van der Waals surface area contributed by atoms with Crippen molar-refractivity contribution in [3.8, 4) is 0 Å². The third-order valence-electron chi connectivity index (χ3n) is 4.41. The molecule has 0 bridgehead atoms. The van der Waals surface area contributed by atoms with Crippen LogP contribution in [0.4, 0.5) is 0 Å². The molecule has 1 heteroatoms. The van der Waals surface area contributed by atoms with Crippen molar-refractivity contribution in [2.45, 2.75) is 91.5 Å². The molecule has 18 heavy (non-hydrogen) atoms. The third-order valence-corrected chi connectivity index (χ3v) is 4.41. The molecule has 1 saturated heterocycles. The largest absolute Gasteiger partial charge is 0.300 e. The molecule has 0 aromatic rings. The fourth-order valence-electron chi connectivity index (χ4n) is 3.33. The summed E-state index contributed by atoms with van der Waals surface area (Å²) in [5, 5.41) is 0. The van der Waals surface area contributed by atoms with Crippen molar-refractivity contribution in [2.24, 2.45) is 5.41 Å². The number of nitrogens with zero attached hydrogens (tertiary/aromatic N) is 1. The van der Waals surface area contributed by atoms with Crippen molar-refractivity contribution in [3.05, 3.63) is 0 Å². The quantitative estimate of drug-likeness (QED) is 0.534. The molecular weight excluding hydrogens is 218 g/mol. The van der Waals surface area contributed by atoms with Gasteiger partial charge in [0.05, 0.1) is 0 Å². The zero-order chi connectivity index (χ0) is 13.4. The lowest BCUT2D eigenvalue weighted by atomic mass is 9.82. The van der Waals surface area contributed by atoms with Gasteiger partial charge in [-0.05, 0) is 37.8 Å². The zero-order valence-electron chi connectivity index (χ0n) is 13.3. The van der Waals surface area contributed by atoms with E-state index in [1.54, 1.807) is 0 Å². The Hall–Kier alpha value is -0.0400. The van der Waals surface area contributed by atoms with Gasteiger partial charge in [0.25, 0.3) is 0 Å². The van der Waals surface area contributed by atoms with E-state index in [0.717, 1.165) is 6.04 Å². The van der Waals surface area contributed by atoms with Gasteiger partial charge in [-0.2, -0.15) is 0 Å². The van der Waals surface area contributed by atoms with Crippen LogP contribution in [0.25, 0.3) is 0 Å². The van der Waals surface area contributed by atoms with Gasteiger partial charge in [0.15, 0.2) is 0 Å². The van der Waals surface area contributed by atoms with E-state index in [0.29, 0.717) is 5.41 Å². The van der Waals surface area contributed by atoms with Gasteiger partial charge >= 0.3 is 0 Å². The number of unbranched alkanes of at least 4 members (excludes halogenated alkanes) is 5. The van der Waals surface area contributed by atoms with Gasteiger partial charge in [0.2, 0.25) is 0 Å². The molecule has 0 radical (unpaired) electrons. The Morgan fingerprint density at radius 3 is 2.00 bits per heavy atom. The van der Waals surface area contributed by atoms with Crippen molar-refractivity contribution in [1.29, 1.82) is 0 Å². The lowest BCUT2D eigenvalue weighted by Crippen LogP contribution is -2.42.